The summed E-state index contributed by atoms with van der Waals surface area (Å²) in [6.45, 7) is 0. The number of aromatic nitrogens is 1. The quantitative estimate of drug-likeness (QED) is 0.859. The van der Waals surface area contributed by atoms with Crippen LogP contribution in [0, 0.1) is 0 Å². The molecule has 0 radical (unpaired) electrons. The molecule has 0 amide bonds. The number of aromatic amines is 1. The van der Waals surface area contributed by atoms with E-state index in [-0.39, 0.29) is 36.1 Å². The predicted octanol–water partition coefficient (Wildman–Crippen LogP) is 2.82. The SMILES string of the molecule is COc1ccc2c(CCCC(F)F)cc(=O)[nH]c2c1C(=O)O. The van der Waals surface area contributed by atoms with Crippen LogP contribution in [0.3, 0.4) is 0 Å². The number of benzene rings is 1. The molecule has 0 unspecified atom stereocenters. The monoisotopic (exact) mass is 311 g/mol. The molecule has 2 aromatic rings. The zero-order valence-corrected chi connectivity index (χ0v) is 11.9. The van der Waals surface area contributed by atoms with Crippen molar-refractivity contribution in [2.24, 2.45) is 0 Å². The molecule has 5 nitrogen and oxygen atoms in total. The third-order valence-corrected chi connectivity index (χ3v) is 3.37. The lowest BCUT2D eigenvalue weighted by molar-refractivity contribution is 0.0695. The molecule has 7 heteroatoms. The summed E-state index contributed by atoms with van der Waals surface area (Å²) in [5.74, 6) is -1.11. The number of fused-ring (bicyclic) bond motifs is 1. The number of hydrogen-bond donors (Lipinski definition) is 2. The van der Waals surface area contributed by atoms with Crippen molar-refractivity contribution in [3.8, 4) is 5.75 Å². The number of alkyl halides is 2. The molecule has 0 bridgehead atoms. The van der Waals surface area contributed by atoms with Gasteiger partial charge >= 0.3 is 5.97 Å². The van der Waals surface area contributed by atoms with Gasteiger partial charge in [-0.15, -0.1) is 0 Å². The highest BCUT2D eigenvalue weighted by Gasteiger charge is 2.18. The van der Waals surface area contributed by atoms with Crippen LogP contribution in [0.2, 0.25) is 0 Å². The Labute approximate surface area is 124 Å². The summed E-state index contributed by atoms with van der Waals surface area (Å²) < 4.78 is 29.5. The second kappa shape index (κ2) is 6.55. The maximum absolute atomic E-state index is 12.2. The third kappa shape index (κ3) is 3.24. The first kappa shape index (κ1) is 15.9. The Hall–Kier alpha value is -2.44. The highest BCUT2D eigenvalue weighted by Crippen LogP contribution is 2.28. The highest BCUT2D eigenvalue weighted by molar-refractivity contribution is 6.05. The van der Waals surface area contributed by atoms with Crippen LogP contribution in [0.4, 0.5) is 8.78 Å². The number of aryl methyl sites for hydroxylation is 1. The Balaban J connectivity index is 2.57. The van der Waals surface area contributed by atoms with Crippen molar-refractivity contribution >= 4 is 16.9 Å². The molecule has 0 saturated heterocycles. The van der Waals surface area contributed by atoms with E-state index in [4.69, 9.17) is 4.74 Å². The molecule has 2 N–H and O–H groups in total. The molecule has 0 aliphatic carbocycles. The molecule has 22 heavy (non-hydrogen) atoms. The fourth-order valence-electron chi connectivity index (χ4n) is 2.41. The molecule has 118 valence electrons. The number of carbonyl (C=O) groups is 1. The van der Waals surface area contributed by atoms with Crippen LogP contribution in [-0.2, 0) is 6.42 Å². The lowest BCUT2D eigenvalue weighted by atomic mass is 10.0. The van der Waals surface area contributed by atoms with Crippen LogP contribution in [0.5, 0.6) is 5.75 Å². The molecule has 0 fully saturated rings. The number of H-pyrrole nitrogens is 1. The normalized spacial score (nSPS) is 11.1. The van der Waals surface area contributed by atoms with Crippen molar-refractivity contribution in [3.63, 3.8) is 0 Å². The van der Waals surface area contributed by atoms with Crippen LogP contribution in [0.1, 0.15) is 28.8 Å². The summed E-state index contributed by atoms with van der Waals surface area (Å²) in [7, 11) is 1.33. The Morgan fingerprint density at radius 2 is 2.14 bits per heavy atom. The summed E-state index contributed by atoms with van der Waals surface area (Å²) >= 11 is 0. The van der Waals surface area contributed by atoms with E-state index in [1.54, 1.807) is 6.07 Å². The van der Waals surface area contributed by atoms with E-state index < -0.39 is 18.0 Å². The first-order valence-electron chi connectivity index (χ1n) is 6.68. The van der Waals surface area contributed by atoms with Gasteiger partial charge in [-0.1, -0.05) is 0 Å². The van der Waals surface area contributed by atoms with Crippen molar-refractivity contribution in [3.05, 3.63) is 39.7 Å². The Morgan fingerprint density at radius 3 is 2.73 bits per heavy atom. The van der Waals surface area contributed by atoms with Gasteiger partial charge in [-0.25, -0.2) is 13.6 Å². The summed E-state index contributed by atoms with van der Waals surface area (Å²) in [5, 5.41) is 9.84. The minimum atomic E-state index is -2.40. The van der Waals surface area contributed by atoms with Gasteiger partial charge in [0.2, 0.25) is 12.0 Å². The van der Waals surface area contributed by atoms with Crippen LogP contribution < -0.4 is 10.3 Å². The maximum atomic E-state index is 12.2. The second-order valence-corrected chi connectivity index (χ2v) is 4.81. The van der Waals surface area contributed by atoms with E-state index in [9.17, 15) is 23.5 Å². The zero-order valence-electron chi connectivity index (χ0n) is 11.9. The van der Waals surface area contributed by atoms with Gasteiger partial charge < -0.3 is 14.8 Å². The number of nitrogens with one attached hydrogen (secondary N) is 1. The number of rotatable bonds is 6. The Morgan fingerprint density at radius 1 is 1.41 bits per heavy atom. The molecule has 1 aromatic heterocycles. The number of pyridine rings is 1. The third-order valence-electron chi connectivity index (χ3n) is 3.37. The molecular weight excluding hydrogens is 296 g/mol. The van der Waals surface area contributed by atoms with Crippen molar-refractivity contribution in [1.29, 1.82) is 0 Å². The van der Waals surface area contributed by atoms with Gasteiger partial charge in [0.05, 0.1) is 12.6 Å². The van der Waals surface area contributed by atoms with Gasteiger partial charge in [-0.2, -0.15) is 0 Å². The van der Waals surface area contributed by atoms with E-state index in [0.717, 1.165) is 0 Å². The average Bonchev–Trinajstić information content (AvgIpc) is 2.44. The number of hydrogen-bond acceptors (Lipinski definition) is 3. The molecule has 0 aliphatic heterocycles. The summed E-state index contributed by atoms with van der Waals surface area (Å²) in [5.41, 5.74) is 0.0686. The Kier molecular flexibility index (Phi) is 4.75. The van der Waals surface area contributed by atoms with E-state index >= 15 is 0 Å². The standard InChI is InChI=1S/C15H15F2NO4/c1-22-10-6-5-9-8(3-2-4-11(16)17)7-12(19)18-14(9)13(10)15(20)21/h5-7,11H,2-4H2,1H3,(H,18,19)(H,20,21). The average molecular weight is 311 g/mol. The second-order valence-electron chi connectivity index (χ2n) is 4.81. The number of aromatic carboxylic acids is 1. The molecular formula is C15H15F2NO4. The van der Waals surface area contributed by atoms with E-state index in [2.05, 4.69) is 4.98 Å². The number of ether oxygens (including phenoxy) is 1. The van der Waals surface area contributed by atoms with Gasteiger partial charge in [0.1, 0.15) is 11.3 Å². The summed E-state index contributed by atoms with van der Waals surface area (Å²) in [4.78, 5) is 25.6. The summed E-state index contributed by atoms with van der Waals surface area (Å²) in [6.07, 6.45) is -2.18. The number of halogens is 2. The number of methoxy groups -OCH3 is 1. The van der Waals surface area contributed by atoms with Crippen LogP contribution in [0.15, 0.2) is 23.0 Å². The van der Waals surface area contributed by atoms with E-state index in [0.29, 0.717) is 10.9 Å². The molecule has 1 heterocycles. The topological polar surface area (TPSA) is 79.4 Å². The fourth-order valence-corrected chi connectivity index (χ4v) is 2.41. The first-order valence-corrected chi connectivity index (χ1v) is 6.68. The molecule has 2 rings (SSSR count). The van der Waals surface area contributed by atoms with Crippen LogP contribution >= 0.6 is 0 Å². The van der Waals surface area contributed by atoms with Crippen molar-refractivity contribution in [1.82, 2.24) is 4.98 Å². The van der Waals surface area contributed by atoms with Crippen molar-refractivity contribution in [2.45, 2.75) is 25.7 Å². The van der Waals surface area contributed by atoms with Crippen LogP contribution in [0.25, 0.3) is 10.9 Å². The molecule has 0 saturated carbocycles. The smallest absolute Gasteiger partial charge is 0.341 e. The zero-order chi connectivity index (χ0) is 16.3. The van der Waals surface area contributed by atoms with Gasteiger partial charge in [0, 0.05) is 17.9 Å². The van der Waals surface area contributed by atoms with Gasteiger partial charge in [0.25, 0.3) is 0 Å². The summed E-state index contributed by atoms with van der Waals surface area (Å²) in [6, 6.07) is 4.42. The van der Waals surface area contributed by atoms with Gasteiger partial charge in [-0.05, 0) is 30.5 Å². The van der Waals surface area contributed by atoms with Crippen molar-refractivity contribution < 1.29 is 23.4 Å². The predicted molar refractivity (Wildman–Crippen MR) is 77.0 cm³/mol. The minimum Gasteiger partial charge on any atom is -0.496 e. The Bertz CT molecular complexity index is 755. The lowest BCUT2D eigenvalue weighted by Crippen LogP contribution is -2.11. The first-order chi connectivity index (χ1) is 10.4. The lowest BCUT2D eigenvalue weighted by Gasteiger charge is -2.11. The van der Waals surface area contributed by atoms with E-state index in [1.165, 1.54) is 19.2 Å². The van der Waals surface area contributed by atoms with Crippen LogP contribution in [-0.4, -0.2) is 29.6 Å². The fraction of sp³-hybridized carbons (Fsp3) is 0.333. The molecule has 0 spiro atoms. The highest BCUT2D eigenvalue weighted by atomic mass is 19.3. The molecule has 0 atom stereocenters. The molecule has 1 aromatic carbocycles. The maximum Gasteiger partial charge on any atom is 0.341 e. The van der Waals surface area contributed by atoms with Crippen molar-refractivity contribution in [2.75, 3.05) is 7.11 Å². The molecule has 0 aliphatic rings. The largest absolute Gasteiger partial charge is 0.496 e. The van der Waals surface area contributed by atoms with Gasteiger partial charge in [0.15, 0.2) is 0 Å². The van der Waals surface area contributed by atoms with Gasteiger partial charge in [-0.3, -0.25) is 4.79 Å². The minimum absolute atomic E-state index is 0.125. The number of carboxylic acid groups (broad SMARTS) is 1. The number of carboxylic acids is 1. The van der Waals surface area contributed by atoms with E-state index in [1.807, 2.05) is 0 Å².